The van der Waals surface area contributed by atoms with Crippen LogP contribution in [0.1, 0.15) is 52.9 Å². The van der Waals surface area contributed by atoms with Crippen molar-refractivity contribution in [3.05, 3.63) is 0 Å². The summed E-state index contributed by atoms with van der Waals surface area (Å²) in [4.78, 5) is 16.7. The van der Waals surface area contributed by atoms with Crippen LogP contribution < -0.4 is 5.73 Å². The van der Waals surface area contributed by atoms with Crippen LogP contribution in [0, 0.1) is 11.8 Å². The zero-order valence-corrected chi connectivity index (χ0v) is 14.1. The van der Waals surface area contributed by atoms with E-state index in [1.807, 2.05) is 11.8 Å². The number of hydrogen-bond donors (Lipinski definition) is 1. The quantitative estimate of drug-likeness (QED) is 0.864. The molecule has 1 aliphatic carbocycles. The third kappa shape index (κ3) is 4.68. The van der Waals surface area contributed by atoms with Gasteiger partial charge in [0.1, 0.15) is 0 Å². The van der Waals surface area contributed by atoms with Gasteiger partial charge in [0, 0.05) is 44.7 Å². The van der Waals surface area contributed by atoms with Crippen molar-refractivity contribution in [2.45, 2.75) is 65.0 Å². The van der Waals surface area contributed by atoms with Gasteiger partial charge in [0.05, 0.1) is 0 Å². The molecule has 0 aromatic heterocycles. The van der Waals surface area contributed by atoms with Crippen LogP contribution in [0.4, 0.5) is 0 Å². The molecule has 0 aromatic rings. The van der Waals surface area contributed by atoms with Crippen molar-refractivity contribution < 1.29 is 4.79 Å². The monoisotopic (exact) mass is 295 g/mol. The first-order chi connectivity index (χ1) is 9.97. The molecule has 4 heteroatoms. The molecule has 1 saturated carbocycles. The van der Waals surface area contributed by atoms with Gasteiger partial charge in [-0.15, -0.1) is 0 Å². The van der Waals surface area contributed by atoms with E-state index in [9.17, 15) is 4.79 Å². The van der Waals surface area contributed by atoms with E-state index in [1.54, 1.807) is 0 Å². The summed E-state index contributed by atoms with van der Waals surface area (Å²) < 4.78 is 0. The van der Waals surface area contributed by atoms with Crippen molar-refractivity contribution in [3.63, 3.8) is 0 Å². The Bertz CT molecular complexity index is 327. The molecule has 2 N–H and O–H groups in total. The molecule has 4 nitrogen and oxygen atoms in total. The third-order valence-corrected chi connectivity index (χ3v) is 5.36. The van der Waals surface area contributed by atoms with Crippen LogP contribution in [0.5, 0.6) is 0 Å². The summed E-state index contributed by atoms with van der Waals surface area (Å²) in [7, 11) is 0. The van der Waals surface area contributed by atoms with Crippen LogP contribution in [-0.4, -0.2) is 54.0 Å². The molecule has 0 radical (unpaired) electrons. The molecule has 122 valence electrons. The summed E-state index contributed by atoms with van der Waals surface area (Å²) in [6.07, 6.45) is 5.94. The van der Waals surface area contributed by atoms with E-state index in [2.05, 4.69) is 18.7 Å². The molecular weight excluding hydrogens is 262 g/mol. The standard InChI is InChI=1S/C17H33N3O/c1-13(2)15-4-6-16(7-5-15)19-8-10-20(11-9-19)17(21)12-14(3)18/h13-16H,4-12,18H2,1-3H3. The Labute approximate surface area is 130 Å². The zero-order valence-electron chi connectivity index (χ0n) is 14.1. The van der Waals surface area contributed by atoms with Gasteiger partial charge in [0.15, 0.2) is 0 Å². The molecule has 1 saturated heterocycles. The van der Waals surface area contributed by atoms with E-state index in [0.29, 0.717) is 6.42 Å². The van der Waals surface area contributed by atoms with E-state index in [-0.39, 0.29) is 11.9 Å². The van der Waals surface area contributed by atoms with Gasteiger partial charge in [-0.3, -0.25) is 9.69 Å². The first-order valence-electron chi connectivity index (χ1n) is 8.74. The second-order valence-electron chi connectivity index (χ2n) is 7.41. The SMILES string of the molecule is CC(N)CC(=O)N1CCN(C2CCC(C(C)C)CC2)CC1. The molecule has 1 aliphatic heterocycles. The van der Waals surface area contributed by atoms with E-state index >= 15 is 0 Å². The third-order valence-electron chi connectivity index (χ3n) is 5.36. The van der Waals surface area contributed by atoms with Crippen LogP contribution in [-0.2, 0) is 4.79 Å². The molecule has 1 atom stereocenters. The highest BCUT2D eigenvalue weighted by Gasteiger charge is 2.30. The van der Waals surface area contributed by atoms with Gasteiger partial charge in [-0.05, 0) is 44.4 Å². The molecule has 1 unspecified atom stereocenters. The van der Waals surface area contributed by atoms with Crippen molar-refractivity contribution >= 4 is 5.91 Å². The van der Waals surface area contributed by atoms with E-state index in [4.69, 9.17) is 5.73 Å². The minimum Gasteiger partial charge on any atom is -0.340 e. The molecule has 21 heavy (non-hydrogen) atoms. The van der Waals surface area contributed by atoms with Crippen molar-refractivity contribution in [3.8, 4) is 0 Å². The van der Waals surface area contributed by atoms with Crippen LogP contribution in [0.3, 0.4) is 0 Å². The fourth-order valence-electron chi connectivity index (χ4n) is 3.87. The molecule has 1 amide bonds. The Morgan fingerprint density at radius 3 is 2.10 bits per heavy atom. The Morgan fingerprint density at radius 1 is 1.05 bits per heavy atom. The molecule has 0 bridgehead atoms. The number of hydrogen-bond acceptors (Lipinski definition) is 3. The largest absolute Gasteiger partial charge is 0.340 e. The Balaban J connectivity index is 1.73. The predicted molar refractivity (Wildman–Crippen MR) is 87.0 cm³/mol. The van der Waals surface area contributed by atoms with Crippen molar-refractivity contribution in [1.82, 2.24) is 9.80 Å². The van der Waals surface area contributed by atoms with Gasteiger partial charge in [-0.1, -0.05) is 13.8 Å². The van der Waals surface area contributed by atoms with Crippen molar-refractivity contribution in [2.75, 3.05) is 26.2 Å². The normalized spacial score (nSPS) is 29.7. The first kappa shape index (κ1) is 16.8. The highest BCUT2D eigenvalue weighted by Crippen LogP contribution is 2.32. The average Bonchev–Trinajstić information content (AvgIpc) is 2.47. The molecular formula is C17H33N3O. The highest BCUT2D eigenvalue weighted by molar-refractivity contribution is 5.76. The fraction of sp³-hybridized carbons (Fsp3) is 0.941. The van der Waals surface area contributed by atoms with E-state index in [0.717, 1.165) is 44.1 Å². The predicted octanol–water partition coefficient (Wildman–Crippen LogP) is 2.08. The number of carbonyl (C=O) groups is 1. The van der Waals surface area contributed by atoms with Crippen LogP contribution in [0.2, 0.25) is 0 Å². The van der Waals surface area contributed by atoms with E-state index in [1.165, 1.54) is 25.7 Å². The van der Waals surface area contributed by atoms with Crippen molar-refractivity contribution in [2.24, 2.45) is 17.6 Å². The summed E-state index contributed by atoms with van der Waals surface area (Å²) in [5.74, 6) is 1.99. The lowest BCUT2D eigenvalue weighted by Gasteiger charge is -2.42. The maximum absolute atomic E-state index is 12.0. The Morgan fingerprint density at radius 2 is 1.62 bits per heavy atom. The van der Waals surface area contributed by atoms with Crippen LogP contribution >= 0.6 is 0 Å². The summed E-state index contributed by atoms with van der Waals surface area (Å²) in [6.45, 7) is 10.5. The first-order valence-corrected chi connectivity index (χ1v) is 8.74. The molecule has 2 rings (SSSR count). The summed E-state index contributed by atoms with van der Waals surface area (Å²) in [5, 5.41) is 0. The maximum Gasteiger partial charge on any atom is 0.224 e. The van der Waals surface area contributed by atoms with Gasteiger partial charge in [-0.2, -0.15) is 0 Å². The van der Waals surface area contributed by atoms with Gasteiger partial charge < -0.3 is 10.6 Å². The lowest BCUT2D eigenvalue weighted by atomic mass is 9.79. The molecule has 0 spiro atoms. The number of amides is 1. The number of nitrogens with two attached hydrogens (primary N) is 1. The summed E-state index contributed by atoms with van der Waals surface area (Å²) in [6, 6.07) is 0.729. The Kier molecular flexibility index (Phi) is 6.06. The van der Waals surface area contributed by atoms with Crippen LogP contribution in [0.25, 0.3) is 0 Å². The maximum atomic E-state index is 12.0. The smallest absolute Gasteiger partial charge is 0.224 e. The van der Waals surface area contributed by atoms with E-state index < -0.39 is 0 Å². The number of rotatable bonds is 4. The Hall–Kier alpha value is -0.610. The van der Waals surface area contributed by atoms with Gasteiger partial charge in [0.25, 0.3) is 0 Å². The fourth-order valence-corrected chi connectivity index (χ4v) is 3.87. The number of carbonyl (C=O) groups excluding carboxylic acids is 1. The number of piperazine rings is 1. The zero-order chi connectivity index (χ0) is 15.4. The lowest BCUT2D eigenvalue weighted by molar-refractivity contribution is -0.133. The summed E-state index contributed by atoms with van der Waals surface area (Å²) >= 11 is 0. The second-order valence-corrected chi connectivity index (χ2v) is 7.41. The van der Waals surface area contributed by atoms with Crippen molar-refractivity contribution in [1.29, 1.82) is 0 Å². The average molecular weight is 295 g/mol. The summed E-state index contributed by atoms with van der Waals surface area (Å²) in [5.41, 5.74) is 5.72. The topological polar surface area (TPSA) is 49.6 Å². The minimum atomic E-state index is -0.0261. The number of nitrogens with zero attached hydrogens (tertiary/aromatic N) is 2. The molecule has 2 fully saturated rings. The van der Waals surface area contributed by atoms with Gasteiger partial charge in [-0.25, -0.2) is 0 Å². The molecule has 1 heterocycles. The van der Waals surface area contributed by atoms with Gasteiger partial charge in [0.2, 0.25) is 5.91 Å². The highest BCUT2D eigenvalue weighted by atomic mass is 16.2. The second kappa shape index (κ2) is 7.59. The minimum absolute atomic E-state index is 0.0261. The van der Waals surface area contributed by atoms with Crippen LogP contribution in [0.15, 0.2) is 0 Å². The molecule has 0 aromatic carbocycles. The molecule has 2 aliphatic rings. The van der Waals surface area contributed by atoms with Gasteiger partial charge >= 0.3 is 0 Å². The lowest BCUT2D eigenvalue weighted by Crippen LogP contribution is -2.53.